The zero-order valence-corrected chi connectivity index (χ0v) is 11.0. The van der Waals surface area contributed by atoms with Crippen LogP contribution in [0.2, 0.25) is 0 Å². The van der Waals surface area contributed by atoms with E-state index in [0.717, 1.165) is 10.4 Å². The summed E-state index contributed by atoms with van der Waals surface area (Å²) in [4.78, 5) is 25.5. The van der Waals surface area contributed by atoms with Crippen molar-refractivity contribution in [3.63, 3.8) is 0 Å². The molecule has 94 valence electrons. The van der Waals surface area contributed by atoms with E-state index >= 15 is 0 Å². The summed E-state index contributed by atoms with van der Waals surface area (Å²) in [5.41, 5.74) is 6.65. The molecular formula is C12H13N3O2S. The highest BCUT2D eigenvalue weighted by Gasteiger charge is 2.36. The fraction of sp³-hybridized carbons (Fsp3) is 0.417. The van der Waals surface area contributed by atoms with Crippen LogP contribution in [-0.2, 0) is 9.59 Å². The van der Waals surface area contributed by atoms with Crippen LogP contribution >= 0.6 is 11.3 Å². The Morgan fingerprint density at radius 2 is 2.22 bits per heavy atom. The third-order valence-electron chi connectivity index (χ3n) is 3.25. The Kier molecular flexibility index (Phi) is 3.09. The Morgan fingerprint density at radius 1 is 1.56 bits per heavy atom. The lowest BCUT2D eigenvalue weighted by atomic mass is 10.1. The first-order valence-corrected chi connectivity index (χ1v) is 6.37. The normalized spacial score (nSPS) is 19.1. The van der Waals surface area contributed by atoms with Crippen LogP contribution in [0.25, 0.3) is 0 Å². The first kappa shape index (κ1) is 12.6. The average Bonchev–Trinajstić information content (AvgIpc) is 2.81. The number of anilines is 1. The lowest BCUT2D eigenvalue weighted by Crippen LogP contribution is -2.28. The van der Waals surface area contributed by atoms with Crippen molar-refractivity contribution in [1.82, 2.24) is 0 Å². The topological polar surface area (TPSA) is 87.2 Å². The van der Waals surface area contributed by atoms with Gasteiger partial charge in [-0.25, -0.2) is 0 Å². The summed E-state index contributed by atoms with van der Waals surface area (Å²) in [6.45, 7) is 4.05. The van der Waals surface area contributed by atoms with Crippen LogP contribution in [-0.4, -0.2) is 18.4 Å². The first-order valence-electron chi connectivity index (χ1n) is 5.55. The highest BCUT2D eigenvalue weighted by atomic mass is 32.1. The fourth-order valence-electron chi connectivity index (χ4n) is 2.03. The first-order chi connectivity index (χ1) is 8.45. The van der Waals surface area contributed by atoms with Crippen LogP contribution in [0, 0.1) is 31.1 Å². The number of nitrogens with two attached hydrogens (primary N) is 1. The third-order valence-corrected chi connectivity index (χ3v) is 4.48. The number of carbonyl (C=O) groups is 2. The van der Waals surface area contributed by atoms with E-state index in [1.165, 1.54) is 16.2 Å². The van der Waals surface area contributed by atoms with Crippen molar-refractivity contribution < 1.29 is 9.59 Å². The zero-order chi connectivity index (χ0) is 13.4. The predicted molar refractivity (Wildman–Crippen MR) is 68.2 cm³/mol. The molecular weight excluding hydrogens is 250 g/mol. The lowest BCUT2D eigenvalue weighted by molar-refractivity contribution is -0.123. The predicted octanol–water partition coefficient (Wildman–Crippen LogP) is 1.07. The van der Waals surface area contributed by atoms with Crippen molar-refractivity contribution in [2.45, 2.75) is 20.3 Å². The molecule has 0 aliphatic carbocycles. The maximum atomic E-state index is 11.9. The van der Waals surface area contributed by atoms with E-state index in [1.54, 1.807) is 0 Å². The van der Waals surface area contributed by atoms with Gasteiger partial charge >= 0.3 is 0 Å². The number of thiophene rings is 1. The summed E-state index contributed by atoms with van der Waals surface area (Å²) >= 11 is 1.41. The molecule has 1 unspecified atom stereocenters. The highest BCUT2D eigenvalue weighted by Crippen LogP contribution is 2.37. The van der Waals surface area contributed by atoms with Crippen LogP contribution < -0.4 is 10.6 Å². The number of carbonyl (C=O) groups excluding carboxylic acids is 2. The molecule has 18 heavy (non-hydrogen) atoms. The van der Waals surface area contributed by atoms with Gasteiger partial charge in [-0.2, -0.15) is 5.26 Å². The Morgan fingerprint density at radius 3 is 2.72 bits per heavy atom. The van der Waals surface area contributed by atoms with Gasteiger partial charge in [-0.05, 0) is 19.4 Å². The quantitative estimate of drug-likeness (QED) is 0.865. The second-order valence-corrected chi connectivity index (χ2v) is 5.59. The van der Waals surface area contributed by atoms with Crippen LogP contribution in [0.15, 0.2) is 0 Å². The van der Waals surface area contributed by atoms with Gasteiger partial charge in [0.05, 0.1) is 11.5 Å². The fourth-order valence-corrected chi connectivity index (χ4v) is 3.16. The number of aryl methyl sites for hydroxylation is 1. The van der Waals surface area contributed by atoms with Crippen LogP contribution in [0.3, 0.4) is 0 Å². The third kappa shape index (κ3) is 1.87. The molecule has 2 rings (SSSR count). The van der Waals surface area contributed by atoms with E-state index < -0.39 is 11.8 Å². The van der Waals surface area contributed by atoms with E-state index in [1.807, 2.05) is 13.8 Å². The second kappa shape index (κ2) is 4.42. The van der Waals surface area contributed by atoms with E-state index in [4.69, 9.17) is 11.0 Å². The number of primary amides is 1. The standard InChI is InChI=1S/C12H13N3O2S/c1-6-7(2)18-12(9(6)4-13)15-5-8(11(14)17)3-10(15)16/h8H,3,5H2,1-2H3,(H2,14,17). The monoisotopic (exact) mass is 263 g/mol. The summed E-state index contributed by atoms with van der Waals surface area (Å²) in [6.07, 6.45) is 0.135. The molecule has 6 heteroatoms. The van der Waals surface area contributed by atoms with E-state index in [2.05, 4.69) is 6.07 Å². The summed E-state index contributed by atoms with van der Waals surface area (Å²) < 4.78 is 0. The molecule has 1 aliphatic heterocycles. The average molecular weight is 263 g/mol. The van der Waals surface area contributed by atoms with Crippen molar-refractivity contribution in [2.24, 2.45) is 11.7 Å². The molecule has 0 radical (unpaired) electrons. The van der Waals surface area contributed by atoms with Gasteiger partial charge < -0.3 is 10.6 Å². The van der Waals surface area contributed by atoms with Gasteiger partial charge in [0, 0.05) is 17.8 Å². The number of hydrogen-bond acceptors (Lipinski definition) is 4. The van der Waals surface area contributed by atoms with Crippen LogP contribution in [0.5, 0.6) is 0 Å². The van der Waals surface area contributed by atoms with E-state index in [9.17, 15) is 9.59 Å². The molecule has 0 spiro atoms. The molecule has 1 atom stereocenters. The minimum atomic E-state index is -0.464. The smallest absolute Gasteiger partial charge is 0.228 e. The van der Waals surface area contributed by atoms with Crippen LogP contribution in [0.4, 0.5) is 5.00 Å². The van der Waals surface area contributed by atoms with Gasteiger partial charge in [0.15, 0.2) is 0 Å². The lowest BCUT2D eigenvalue weighted by Gasteiger charge is -2.14. The van der Waals surface area contributed by atoms with Gasteiger partial charge in [0.2, 0.25) is 11.8 Å². The van der Waals surface area contributed by atoms with Gasteiger partial charge in [-0.3, -0.25) is 9.59 Å². The maximum Gasteiger partial charge on any atom is 0.228 e. The maximum absolute atomic E-state index is 11.9. The summed E-state index contributed by atoms with van der Waals surface area (Å²) in [6, 6.07) is 2.13. The number of hydrogen-bond donors (Lipinski definition) is 1. The summed E-state index contributed by atoms with van der Waals surface area (Å²) in [5, 5.41) is 9.80. The minimum Gasteiger partial charge on any atom is -0.369 e. The second-order valence-electron chi connectivity index (χ2n) is 4.38. The molecule has 2 heterocycles. The van der Waals surface area contributed by atoms with Crippen LogP contribution in [0.1, 0.15) is 22.4 Å². The molecule has 0 saturated carbocycles. The van der Waals surface area contributed by atoms with Gasteiger partial charge in [-0.1, -0.05) is 0 Å². The Hall–Kier alpha value is -1.87. The summed E-state index contributed by atoms with van der Waals surface area (Å²) in [7, 11) is 0. The Balaban J connectivity index is 2.39. The van der Waals surface area contributed by atoms with Gasteiger partial charge in [0.25, 0.3) is 0 Å². The number of nitriles is 1. The molecule has 1 saturated heterocycles. The molecule has 1 aromatic heterocycles. The van der Waals surface area contributed by atoms with Crippen molar-refractivity contribution in [1.29, 1.82) is 5.26 Å². The minimum absolute atomic E-state index is 0.135. The molecule has 1 aliphatic rings. The van der Waals surface area contributed by atoms with E-state index in [-0.39, 0.29) is 18.9 Å². The highest BCUT2D eigenvalue weighted by molar-refractivity contribution is 7.16. The van der Waals surface area contributed by atoms with E-state index in [0.29, 0.717) is 10.6 Å². The van der Waals surface area contributed by atoms with Gasteiger partial charge in [0.1, 0.15) is 11.1 Å². The van der Waals surface area contributed by atoms with Crippen molar-refractivity contribution in [2.75, 3.05) is 11.4 Å². The molecule has 0 aromatic carbocycles. The van der Waals surface area contributed by atoms with Crippen molar-refractivity contribution in [3.05, 3.63) is 16.0 Å². The Labute approximate surface area is 109 Å². The zero-order valence-electron chi connectivity index (χ0n) is 10.2. The molecule has 2 N–H and O–H groups in total. The number of nitrogens with zero attached hydrogens (tertiary/aromatic N) is 2. The number of rotatable bonds is 2. The SMILES string of the molecule is Cc1sc(N2CC(C(N)=O)CC2=O)c(C#N)c1C. The Bertz CT molecular complexity index is 571. The largest absolute Gasteiger partial charge is 0.369 e. The molecule has 5 nitrogen and oxygen atoms in total. The van der Waals surface area contributed by atoms with Gasteiger partial charge in [-0.15, -0.1) is 11.3 Å². The number of amides is 2. The molecule has 2 amide bonds. The van der Waals surface area contributed by atoms with Crippen molar-refractivity contribution >= 4 is 28.2 Å². The molecule has 1 fully saturated rings. The van der Waals surface area contributed by atoms with Crippen molar-refractivity contribution in [3.8, 4) is 6.07 Å². The molecule has 1 aromatic rings. The summed E-state index contributed by atoms with van der Waals surface area (Å²) in [5.74, 6) is -1.06. The molecule has 0 bridgehead atoms.